The van der Waals surface area contributed by atoms with Gasteiger partial charge in [0, 0.05) is 16.1 Å². The third-order valence-corrected chi connectivity index (χ3v) is 2.54. The van der Waals surface area contributed by atoms with Gasteiger partial charge in [0.15, 0.2) is 5.15 Å². The van der Waals surface area contributed by atoms with Gasteiger partial charge in [-0.05, 0) is 12.1 Å². The number of anilines is 1. The highest BCUT2D eigenvalue weighted by molar-refractivity contribution is 6.35. The van der Waals surface area contributed by atoms with Crippen LogP contribution in [0.2, 0.25) is 10.2 Å². The van der Waals surface area contributed by atoms with Crippen molar-refractivity contribution in [3.05, 3.63) is 40.5 Å². The van der Waals surface area contributed by atoms with E-state index in [1.807, 2.05) is 18.2 Å². The van der Waals surface area contributed by atoms with Gasteiger partial charge >= 0.3 is 0 Å². The predicted octanol–water partition coefficient (Wildman–Crippen LogP) is 3.03. The molecule has 0 aliphatic heterocycles. The average Bonchev–Trinajstić information content (AvgIpc) is 2.23. The van der Waals surface area contributed by atoms with Crippen LogP contribution in [0.25, 0.3) is 11.1 Å². The van der Waals surface area contributed by atoms with E-state index in [0.717, 1.165) is 5.56 Å². The molecule has 0 spiro atoms. The molecule has 15 heavy (non-hydrogen) atoms. The zero-order valence-corrected chi connectivity index (χ0v) is 9.13. The molecule has 5 heteroatoms. The summed E-state index contributed by atoms with van der Waals surface area (Å²) in [6.45, 7) is 0. The fourth-order valence-electron chi connectivity index (χ4n) is 1.26. The van der Waals surface area contributed by atoms with Crippen molar-refractivity contribution in [1.29, 1.82) is 0 Å². The normalized spacial score (nSPS) is 10.3. The van der Waals surface area contributed by atoms with Crippen molar-refractivity contribution >= 4 is 29.0 Å². The highest BCUT2D eigenvalue weighted by Gasteiger charge is 2.09. The Morgan fingerprint density at radius 2 is 1.73 bits per heavy atom. The number of hydrogen-bond donors (Lipinski definition) is 1. The van der Waals surface area contributed by atoms with Gasteiger partial charge in [0.1, 0.15) is 5.82 Å². The molecule has 1 aromatic carbocycles. The maximum absolute atomic E-state index is 6.04. The quantitative estimate of drug-likeness (QED) is 0.833. The molecule has 0 aliphatic rings. The third kappa shape index (κ3) is 2.03. The molecular formula is C10H7Cl2N3. The third-order valence-electron chi connectivity index (χ3n) is 1.93. The second-order valence-corrected chi connectivity index (χ2v) is 3.72. The molecule has 0 radical (unpaired) electrons. The second-order valence-electron chi connectivity index (χ2n) is 2.95. The maximum Gasteiger partial charge on any atom is 0.159 e. The molecule has 0 saturated heterocycles. The number of nitrogens with two attached hydrogens (primary N) is 1. The van der Waals surface area contributed by atoms with Crippen LogP contribution in [0.15, 0.2) is 30.3 Å². The van der Waals surface area contributed by atoms with Gasteiger partial charge in [-0.1, -0.05) is 41.4 Å². The van der Waals surface area contributed by atoms with Crippen LogP contribution in [0.4, 0.5) is 5.82 Å². The van der Waals surface area contributed by atoms with E-state index >= 15 is 0 Å². The van der Waals surface area contributed by atoms with Crippen molar-refractivity contribution in [2.45, 2.75) is 0 Å². The summed E-state index contributed by atoms with van der Waals surface area (Å²) in [6.07, 6.45) is 0. The highest BCUT2D eigenvalue weighted by atomic mass is 35.5. The van der Waals surface area contributed by atoms with Crippen LogP contribution in [0, 0.1) is 0 Å². The summed E-state index contributed by atoms with van der Waals surface area (Å²) in [5.41, 5.74) is 7.03. The van der Waals surface area contributed by atoms with Crippen molar-refractivity contribution in [2.75, 3.05) is 5.73 Å². The van der Waals surface area contributed by atoms with Gasteiger partial charge in [-0.3, -0.25) is 0 Å². The number of benzene rings is 1. The van der Waals surface area contributed by atoms with Crippen LogP contribution >= 0.6 is 23.2 Å². The Hall–Kier alpha value is -1.32. The van der Waals surface area contributed by atoms with E-state index in [1.54, 1.807) is 12.1 Å². The van der Waals surface area contributed by atoms with Crippen molar-refractivity contribution < 1.29 is 0 Å². The zero-order valence-electron chi connectivity index (χ0n) is 7.61. The molecule has 76 valence electrons. The smallest absolute Gasteiger partial charge is 0.159 e. The van der Waals surface area contributed by atoms with Gasteiger partial charge in [-0.2, -0.15) is 0 Å². The average molecular weight is 240 g/mol. The summed E-state index contributed by atoms with van der Waals surface area (Å²) >= 11 is 12.0. The van der Waals surface area contributed by atoms with Gasteiger partial charge in [-0.15, -0.1) is 10.2 Å². The topological polar surface area (TPSA) is 51.8 Å². The summed E-state index contributed by atoms with van der Waals surface area (Å²) < 4.78 is 0. The number of hydrogen-bond acceptors (Lipinski definition) is 3. The van der Waals surface area contributed by atoms with Gasteiger partial charge in [0.05, 0.1) is 0 Å². The summed E-state index contributed by atoms with van der Waals surface area (Å²) in [4.78, 5) is 0. The van der Waals surface area contributed by atoms with E-state index in [9.17, 15) is 0 Å². The van der Waals surface area contributed by atoms with Crippen LogP contribution < -0.4 is 5.73 Å². The van der Waals surface area contributed by atoms with E-state index in [-0.39, 0.29) is 5.15 Å². The maximum atomic E-state index is 6.04. The Morgan fingerprint density at radius 1 is 1.00 bits per heavy atom. The first-order valence-corrected chi connectivity index (χ1v) is 4.97. The Kier molecular flexibility index (Phi) is 2.75. The SMILES string of the molecule is Nc1cc(-c2ccccc2Cl)c(Cl)nn1. The first kappa shape index (κ1) is 10.2. The predicted molar refractivity (Wildman–Crippen MR) is 61.9 cm³/mol. The minimum absolute atomic E-state index is 0.289. The van der Waals surface area contributed by atoms with Crippen molar-refractivity contribution in [1.82, 2.24) is 10.2 Å². The fraction of sp³-hybridized carbons (Fsp3) is 0. The minimum atomic E-state index is 0.289. The lowest BCUT2D eigenvalue weighted by molar-refractivity contribution is 1.04. The molecular weight excluding hydrogens is 233 g/mol. The van der Waals surface area contributed by atoms with Crippen LogP contribution in [0.3, 0.4) is 0 Å². The van der Waals surface area contributed by atoms with E-state index < -0.39 is 0 Å². The fourth-order valence-corrected chi connectivity index (χ4v) is 1.69. The lowest BCUT2D eigenvalue weighted by Gasteiger charge is -2.05. The standard InChI is InChI=1S/C10H7Cl2N3/c11-8-4-2-1-3-6(8)7-5-9(13)14-15-10(7)12/h1-5H,(H2,13,14). The lowest BCUT2D eigenvalue weighted by Crippen LogP contribution is -1.95. The molecule has 0 fully saturated rings. The monoisotopic (exact) mass is 239 g/mol. The van der Waals surface area contributed by atoms with Crippen molar-refractivity contribution in [3.63, 3.8) is 0 Å². The molecule has 2 rings (SSSR count). The lowest BCUT2D eigenvalue weighted by atomic mass is 10.1. The van der Waals surface area contributed by atoms with Crippen LogP contribution in [0.1, 0.15) is 0 Å². The first-order valence-electron chi connectivity index (χ1n) is 4.22. The molecule has 0 atom stereocenters. The Balaban J connectivity index is 2.64. The van der Waals surface area contributed by atoms with Crippen molar-refractivity contribution in [3.8, 4) is 11.1 Å². The number of halogens is 2. The van der Waals surface area contributed by atoms with Crippen LogP contribution in [-0.4, -0.2) is 10.2 Å². The number of aromatic nitrogens is 2. The number of nitrogen functional groups attached to an aromatic ring is 1. The van der Waals surface area contributed by atoms with Gasteiger partial charge in [-0.25, -0.2) is 0 Å². The van der Waals surface area contributed by atoms with E-state index in [2.05, 4.69) is 10.2 Å². The molecule has 0 bridgehead atoms. The van der Waals surface area contributed by atoms with E-state index in [1.165, 1.54) is 0 Å². The highest BCUT2D eigenvalue weighted by Crippen LogP contribution is 2.32. The van der Waals surface area contributed by atoms with Gasteiger partial charge in [0.2, 0.25) is 0 Å². The molecule has 2 aromatic rings. The summed E-state index contributed by atoms with van der Waals surface area (Å²) in [6, 6.07) is 9.00. The Labute approximate surface area is 96.8 Å². The molecule has 0 saturated carbocycles. The van der Waals surface area contributed by atoms with E-state index in [4.69, 9.17) is 28.9 Å². The van der Waals surface area contributed by atoms with Gasteiger partial charge in [0.25, 0.3) is 0 Å². The first-order chi connectivity index (χ1) is 7.18. The molecule has 0 amide bonds. The Morgan fingerprint density at radius 3 is 2.47 bits per heavy atom. The van der Waals surface area contributed by atoms with Crippen LogP contribution in [0.5, 0.6) is 0 Å². The second kappa shape index (κ2) is 4.04. The number of nitrogens with zero attached hydrogens (tertiary/aromatic N) is 2. The molecule has 3 nitrogen and oxygen atoms in total. The molecule has 1 aromatic heterocycles. The zero-order chi connectivity index (χ0) is 10.8. The van der Waals surface area contributed by atoms with Crippen molar-refractivity contribution in [2.24, 2.45) is 0 Å². The Bertz CT molecular complexity index is 500. The van der Waals surface area contributed by atoms with Gasteiger partial charge < -0.3 is 5.73 Å². The molecule has 0 aliphatic carbocycles. The summed E-state index contributed by atoms with van der Waals surface area (Å²) in [7, 11) is 0. The molecule has 1 heterocycles. The minimum Gasteiger partial charge on any atom is -0.382 e. The molecule has 2 N–H and O–H groups in total. The van der Waals surface area contributed by atoms with Crippen LogP contribution in [-0.2, 0) is 0 Å². The molecule has 0 unspecified atom stereocenters. The largest absolute Gasteiger partial charge is 0.382 e. The summed E-state index contributed by atoms with van der Waals surface area (Å²) in [5.74, 6) is 0.314. The summed E-state index contributed by atoms with van der Waals surface area (Å²) in [5, 5.41) is 8.27. The van der Waals surface area contributed by atoms with E-state index in [0.29, 0.717) is 16.4 Å². The number of rotatable bonds is 1.